The van der Waals surface area contributed by atoms with E-state index < -0.39 is 0 Å². The molecule has 0 heteroatoms. The zero-order valence-electron chi connectivity index (χ0n) is 17.6. The van der Waals surface area contributed by atoms with Gasteiger partial charge in [-0.1, -0.05) is 116 Å². The Morgan fingerprint density at radius 1 is 0.533 bits per heavy atom. The molecule has 4 aromatic rings. The van der Waals surface area contributed by atoms with Crippen LogP contribution in [0.4, 0.5) is 0 Å². The first-order valence-electron chi connectivity index (χ1n) is 10.4. The average molecular weight is 387 g/mol. The van der Waals surface area contributed by atoms with Crippen LogP contribution in [0.15, 0.2) is 85.5 Å². The number of allylic oxidation sites excluding steroid dienone is 2. The first kappa shape index (κ1) is 19.7. The van der Waals surface area contributed by atoms with Crippen LogP contribution >= 0.6 is 0 Å². The first-order chi connectivity index (χ1) is 14.8. The number of hydrogen-bond acceptors (Lipinski definition) is 0. The molecule has 0 saturated carbocycles. The lowest BCUT2D eigenvalue weighted by atomic mass is 9.88. The van der Waals surface area contributed by atoms with Crippen LogP contribution in [0, 0.1) is 0 Å². The highest BCUT2D eigenvalue weighted by atomic mass is 14.2. The summed E-state index contributed by atoms with van der Waals surface area (Å²) in [6.07, 6.45) is 15.0. The van der Waals surface area contributed by atoms with Gasteiger partial charge in [0.2, 0.25) is 0 Å². The predicted molar refractivity (Wildman–Crippen MR) is 136 cm³/mol. The summed E-state index contributed by atoms with van der Waals surface area (Å²) in [4.78, 5) is 0. The Morgan fingerprint density at radius 2 is 1.10 bits per heavy atom. The van der Waals surface area contributed by atoms with Crippen molar-refractivity contribution in [2.45, 2.75) is 13.8 Å². The van der Waals surface area contributed by atoms with Crippen LogP contribution in [0.3, 0.4) is 0 Å². The fourth-order valence-corrected chi connectivity index (χ4v) is 4.19. The number of benzene rings is 4. The third-order valence-corrected chi connectivity index (χ3v) is 5.50. The molecule has 0 aromatic heterocycles. The quantitative estimate of drug-likeness (QED) is 0.300. The van der Waals surface area contributed by atoms with Gasteiger partial charge in [0.25, 0.3) is 0 Å². The second-order valence-corrected chi connectivity index (χ2v) is 7.31. The lowest BCUT2D eigenvalue weighted by Gasteiger charge is -2.16. The summed E-state index contributed by atoms with van der Waals surface area (Å²) >= 11 is 0. The van der Waals surface area contributed by atoms with Crippen LogP contribution in [0.1, 0.15) is 41.7 Å². The van der Waals surface area contributed by atoms with E-state index in [4.69, 9.17) is 0 Å². The molecule has 0 bridgehead atoms. The van der Waals surface area contributed by atoms with Gasteiger partial charge in [0.15, 0.2) is 0 Å². The van der Waals surface area contributed by atoms with Crippen LogP contribution in [0.5, 0.6) is 0 Å². The molecule has 0 aliphatic rings. The zero-order valence-corrected chi connectivity index (χ0v) is 17.6. The van der Waals surface area contributed by atoms with E-state index in [1.54, 1.807) is 0 Å². The number of hydrogen-bond donors (Lipinski definition) is 0. The summed E-state index contributed by atoms with van der Waals surface area (Å²) in [5.74, 6) is 0. The molecule has 0 aliphatic heterocycles. The van der Waals surface area contributed by atoms with Crippen LogP contribution in [0.2, 0.25) is 0 Å². The molecule has 0 aliphatic carbocycles. The maximum atomic E-state index is 4.13. The first-order valence-corrected chi connectivity index (χ1v) is 10.4. The standard InChI is InChI=1S/C30H26/c1-4-12-26-24(6-3)27(13-5-2)30(29-19-10-9-18-28(26)29)21-20-23-16-11-15-22-14-7-8-17-25(22)23/h4-21H,3H2,1-2H3/b12-4+,13-5-,21-20+. The van der Waals surface area contributed by atoms with Crippen molar-refractivity contribution in [3.63, 3.8) is 0 Å². The van der Waals surface area contributed by atoms with Gasteiger partial charge in [-0.2, -0.15) is 0 Å². The maximum Gasteiger partial charge on any atom is -0.00989 e. The molecule has 0 N–H and O–H groups in total. The van der Waals surface area contributed by atoms with Gasteiger partial charge >= 0.3 is 0 Å². The Labute approximate surface area is 179 Å². The Bertz CT molecular complexity index is 1310. The fraction of sp³-hybridized carbons (Fsp3) is 0.0667. The molecular formula is C30H26. The molecule has 0 saturated heterocycles. The highest BCUT2D eigenvalue weighted by Gasteiger charge is 2.13. The van der Waals surface area contributed by atoms with Crippen molar-refractivity contribution in [1.82, 2.24) is 0 Å². The molecule has 4 rings (SSSR count). The summed E-state index contributed by atoms with van der Waals surface area (Å²) in [6, 6.07) is 23.6. The van der Waals surface area contributed by atoms with E-state index in [0.717, 1.165) is 0 Å². The maximum absolute atomic E-state index is 4.13. The normalized spacial score (nSPS) is 12.1. The summed E-state index contributed by atoms with van der Waals surface area (Å²) in [5, 5.41) is 5.02. The minimum Gasteiger partial charge on any atom is -0.0984 e. The highest BCUT2D eigenvalue weighted by molar-refractivity contribution is 6.05. The Balaban J connectivity index is 2.02. The van der Waals surface area contributed by atoms with Crippen molar-refractivity contribution in [3.05, 3.63) is 113 Å². The third-order valence-electron chi connectivity index (χ3n) is 5.50. The van der Waals surface area contributed by atoms with Gasteiger partial charge in [-0.3, -0.25) is 0 Å². The summed E-state index contributed by atoms with van der Waals surface area (Å²) in [7, 11) is 0. The molecule has 0 amide bonds. The lowest BCUT2D eigenvalue weighted by molar-refractivity contribution is 1.58. The molecule has 0 fully saturated rings. The minimum atomic E-state index is 1.17. The van der Waals surface area contributed by atoms with E-state index in [-0.39, 0.29) is 0 Å². The highest BCUT2D eigenvalue weighted by Crippen LogP contribution is 2.35. The van der Waals surface area contributed by atoms with Crippen LogP contribution < -0.4 is 0 Å². The van der Waals surface area contributed by atoms with E-state index in [1.165, 1.54) is 49.4 Å². The summed E-state index contributed by atoms with van der Waals surface area (Å²) < 4.78 is 0. The van der Waals surface area contributed by atoms with Gasteiger partial charge in [0, 0.05) is 0 Å². The van der Waals surface area contributed by atoms with Gasteiger partial charge in [-0.15, -0.1) is 0 Å². The van der Waals surface area contributed by atoms with Crippen LogP contribution in [-0.2, 0) is 0 Å². The smallest absolute Gasteiger partial charge is 0.00989 e. The van der Waals surface area contributed by atoms with Crippen molar-refractivity contribution in [1.29, 1.82) is 0 Å². The van der Waals surface area contributed by atoms with E-state index in [9.17, 15) is 0 Å². The number of rotatable bonds is 5. The minimum absolute atomic E-state index is 1.17. The Hall–Kier alpha value is -3.64. The largest absolute Gasteiger partial charge is 0.0984 e. The molecular weight excluding hydrogens is 360 g/mol. The fourth-order valence-electron chi connectivity index (χ4n) is 4.19. The molecule has 0 atom stereocenters. The van der Waals surface area contributed by atoms with Crippen LogP contribution in [0.25, 0.3) is 51.9 Å². The molecule has 30 heavy (non-hydrogen) atoms. The lowest BCUT2D eigenvalue weighted by Crippen LogP contribution is -1.95. The van der Waals surface area contributed by atoms with Gasteiger partial charge in [-0.25, -0.2) is 0 Å². The molecule has 146 valence electrons. The molecule has 0 spiro atoms. The van der Waals surface area contributed by atoms with Crippen molar-refractivity contribution in [2.75, 3.05) is 0 Å². The second kappa shape index (κ2) is 8.80. The number of fused-ring (bicyclic) bond motifs is 2. The molecule has 0 heterocycles. The summed E-state index contributed by atoms with van der Waals surface area (Å²) in [5.41, 5.74) is 6.04. The van der Waals surface area contributed by atoms with Gasteiger partial charge in [0.05, 0.1) is 0 Å². The van der Waals surface area contributed by atoms with Gasteiger partial charge < -0.3 is 0 Å². The van der Waals surface area contributed by atoms with Crippen molar-refractivity contribution in [2.24, 2.45) is 0 Å². The van der Waals surface area contributed by atoms with Crippen LogP contribution in [-0.4, -0.2) is 0 Å². The van der Waals surface area contributed by atoms with Crippen molar-refractivity contribution >= 4 is 51.9 Å². The molecule has 0 nitrogen and oxygen atoms in total. The van der Waals surface area contributed by atoms with E-state index in [0.29, 0.717) is 0 Å². The van der Waals surface area contributed by atoms with Crippen molar-refractivity contribution < 1.29 is 0 Å². The van der Waals surface area contributed by atoms with Gasteiger partial charge in [-0.05, 0) is 63.2 Å². The zero-order chi connectivity index (χ0) is 20.9. The van der Waals surface area contributed by atoms with E-state index in [1.807, 2.05) is 6.08 Å². The topological polar surface area (TPSA) is 0 Å². The van der Waals surface area contributed by atoms with E-state index >= 15 is 0 Å². The van der Waals surface area contributed by atoms with E-state index in [2.05, 4.69) is 124 Å². The second-order valence-electron chi connectivity index (χ2n) is 7.31. The summed E-state index contributed by atoms with van der Waals surface area (Å²) in [6.45, 7) is 8.26. The Kier molecular flexibility index (Phi) is 5.77. The van der Waals surface area contributed by atoms with Crippen molar-refractivity contribution in [3.8, 4) is 0 Å². The third kappa shape index (κ3) is 3.53. The molecule has 4 aromatic carbocycles. The Morgan fingerprint density at radius 3 is 1.77 bits per heavy atom. The monoisotopic (exact) mass is 386 g/mol. The van der Waals surface area contributed by atoms with Gasteiger partial charge in [0.1, 0.15) is 0 Å². The molecule has 0 unspecified atom stereocenters. The predicted octanol–water partition coefficient (Wildman–Crippen LogP) is 8.87. The average Bonchev–Trinajstić information content (AvgIpc) is 2.79. The SMILES string of the molecule is C=Cc1c(/C=C\C)c(/C=C/c2cccc3ccccc23)c2ccccc2c1/C=C/C. The molecule has 0 radical (unpaired) electrons.